The van der Waals surface area contributed by atoms with E-state index in [1.54, 1.807) is 0 Å². The van der Waals surface area contributed by atoms with Crippen LogP contribution < -0.4 is 0 Å². The standard InChI is InChI=1S/C42H28N4.C41H27N5.C39H26N4/c1-4-12-29(13-5-1)37-27-38(30-14-6-2-7-15-30)44-42(43-37)31-20-22-33(23-21-31)45-25-24-32-26-36-35-18-10-11-19-39(35)46(41(36)28-40(32)45)34-16-8-3-9-17-34;1-4-12-28(13-5-1)39-42-40(29-14-6-2-7-15-29)44-41(43-39)30-20-22-32(23-21-30)45-25-24-31-26-35-34-18-10-11-19-36(34)46(38(35)27-37(31)45)33-16-8-3-9-17-33;1-3-11-30(12-4-1)42-35-17-9-7-15-32(35)33-25-28-23-24-41(37(28)26-38(33)42)29-21-19-27(20-22-29)39-40-34-16-8-10-18-36(34)43(39)31-13-5-2-6-14-31/h1-28H;1-27H;1-26H. The molecule has 13 heteroatoms. The van der Waals surface area contributed by atoms with Gasteiger partial charge in [-0.2, -0.15) is 0 Å². The average Bonchev–Trinajstić information content (AvgIpc) is 1.66. The van der Waals surface area contributed by atoms with Crippen LogP contribution in [0.5, 0.6) is 0 Å². The molecule has 0 saturated heterocycles. The molecule has 0 radical (unpaired) electrons. The van der Waals surface area contributed by atoms with Gasteiger partial charge in [-0.15, -0.1) is 0 Å². The van der Waals surface area contributed by atoms with Crippen LogP contribution in [-0.4, -0.2) is 61.9 Å². The van der Waals surface area contributed by atoms with E-state index in [1.165, 1.54) is 87.1 Å². The SMILES string of the molecule is c1ccc(-c2cc(-c3ccccc3)nc(-c3ccc(-n4ccc5cc6c7ccccc7n(-c7ccccc7)c6cc54)cc3)n2)cc1.c1ccc(-c2nc(-c3ccccc3)nc(-c3ccc(-n4ccc5cc6c7ccccc7n(-c7ccccc7)c6cc54)cc3)n2)cc1.c1ccc(-n2c(-c3ccc(-n4ccc5cc6c7ccccc7n(-c7ccccc7)c6cc54)cc3)nc3ccccc32)cc1. The van der Waals surface area contributed by atoms with E-state index < -0.39 is 0 Å². The summed E-state index contributed by atoms with van der Waals surface area (Å²) in [5.41, 5.74) is 29.5. The van der Waals surface area contributed by atoms with Gasteiger partial charge in [0, 0.05) is 146 Å². The van der Waals surface area contributed by atoms with Gasteiger partial charge in [0.1, 0.15) is 5.82 Å². The highest BCUT2D eigenvalue weighted by Gasteiger charge is 2.23. The van der Waals surface area contributed by atoms with Crippen LogP contribution in [0.2, 0.25) is 0 Å². The first-order chi connectivity index (χ1) is 66.9. The first-order valence-electron chi connectivity index (χ1n) is 45.4. The number of hydrogen-bond acceptors (Lipinski definition) is 6. The van der Waals surface area contributed by atoms with Crippen molar-refractivity contribution in [3.63, 3.8) is 0 Å². The summed E-state index contributed by atoms with van der Waals surface area (Å²) in [4.78, 5) is 29.7. The lowest BCUT2D eigenvalue weighted by Crippen LogP contribution is -2.00. The number of benzene rings is 18. The van der Waals surface area contributed by atoms with E-state index in [2.05, 4.69) is 415 Å². The summed E-state index contributed by atoms with van der Waals surface area (Å²) in [6, 6.07) is 166. The molecule has 135 heavy (non-hydrogen) atoms. The summed E-state index contributed by atoms with van der Waals surface area (Å²) < 4.78 is 16.1. The smallest absolute Gasteiger partial charge is 0.164 e. The average molecular weight is 1730 g/mol. The number of imidazole rings is 1. The third-order valence-electron chi connectivity index (χ3n) is 25.8. The lowest BCUT2D eigenvalue weighted by Gasteiger charge is -2.11. The molecule has 18 aromatic carbocycles. The third kappa shape index (κ3) is 14.3. The van der Waals surface area contributed by atoms with Gasteiger partial charge in [0.15, 0.2) is 23.3 Å². The minimum Gasteiger partial charge on any atom is -0.316 e. The molecule has 0 amide bonds. The Hall–Kier alpha value is -18.5. The number of fused-ring (bicyclic) bond motifs is 13. The Labute approximate surface area is 776 Å². The van der Waals surface area contributed by atoms with Crippen LogP contribution >= 0.6 is 0 Å². The Balaban J connectivity index is 0.000000108. The molecule has 13 nitrogen and oxygen atoms in total. The number of aromatic nitrogens is 13. The minimum atomic E-state index is 0.644. The quantitative estimate of drug-likeness (QED) is 0.107. The van der Waals surface area contributed by atoms with Crippen LogP contribution in [0, 0.1) is 0 Å². The summed E-state index contributed by atoms with van der Waals surface area (Å²) >= 11 is 0. The molecule has 9 aromatic heterocycles. The van der Waals surface area contributed by atoms with E-state index in [-0.39, 0.29) is 0 Å². The number of hydrogen-bond donors (Lipinski definition) is 0. The zero-order valence-corrected chi connectivity index (χ0v) is 73.1. The first kappa shape index (κ1) is 78.8. The summed E-state index contributed by atoms with van der Waals surface area (Å²) in [5.74, 6) is 3.60. The lowest BCUT2D eigenvalue weighted by atomic mass is 10.1. The van der Waals surface area contributed by atoms with E-state index in [0.29, 0.717) is 23.3 Å². The zero-order valence-electron chi connectivity index (χ0n) is 73.1. The fourth-order valence-corrected chi connectivity index (χ4v) is 19.4. The molecule has 27 aromatic rings. The first-order valence-corrected chi connectivity index (χ1v) is 45.4. The number of para-hydroxylation sites is 9. The zero-order chi connectivity index (χ0) is 89.2. The Morgan fingerprint density at radius 1 is 0.148 bits per heavy atom. The van der Waals surface area contributed by atoms with Crippen LogP contribution in [0.3, 0.4) is 0 Å². The second kappa shape index (κ2) is 33.6. The van der Waals surface area contributed by atoms with E-state index in [0.717, 1.165) is 118 Å². The topological polar surface area (TPSA) is 112 Å². The Morgan fingerprint density at radius 2 is 0.415 bits per heavy atom. The van der Waals surface area contributed by atoms with Crippen molar-refractivity contribution in [2.45, 2.75) is 0 Å². The van der Waals surface area contributed by atoms with Gasteiger partial charge in [-0.25, -0.2) is 29.9 Å². The third-order valence-corrected chi connectivity index (χ3v) is 25.8. The summed E-state index contributed by atoms with van der Waals surface area (Å²) in [7, 11) is 0. The fraction of sp³-hybridized carbons (Fsp3) is 0. The van der Waals surface area contributed by atoms with Crippen LogP contribution in [0.1, 0.15) is 0 Å². The fourth-order valence-electron chi connectivity index (χ4n) is 19.4. The van der Waals surface area contributed by atoms with Gasteiger partial charge in [-0.05, 0) is 212 Å². The van der Waals surface area contributed by atoms with E-state index >= 15 is 0 Å². The van der Waals surface area contributed by atoms with Gasteiger partial charge < -0.3 is 27.4 Å². The Kier molecular flexibility index (Phi) is 19.6. The van der Waals surface area contributed by atoms with Crippen molar-refractivity contribution in [2.75, 3.05) is 0 Å². The van der Waals surface area contributed by atoms with Gasteiger partial charge in [0.25, 0.3) is 0 Å². The normalized spacial score (nSPS) is 11.6. The van der Waals surface area contributed by atoms with Crippen molar-refractivity contribution in [1.29, 1.82) is 0 Å². The predicted molar refractivity (Wildman–Crippen MR) is 554 cm³/mol. The van der Waals surface area contributed by atoms with Gasteiger partial charge in [0.2, 0.25) is 0 Å². The van der Waals surface area contributed by atoms with Crippen molar-refractivity contribution in [2.24, 2.45) is 0 Å². The van der Waals surface area contributed by atoms with Crippen molar-refractivity contribution < 1.29 is 0 Å². The highest BCUT2D eigenvalue weighted by atomic mass is 15.1. The molecule has 27 rings (SSSR count). The molecular weight excluding hydrogens is 1650 g/mol. The minimum absolute atomic E-state index is 0.644. The highest BCUT2D eigenvalue weighted by molar-refractivity contribution is 6.16. The van der Waals surface area contributed by atoms with Crippen molar-refractivity contribution >= 4 is 109 Å². The molecule has 9 heterocycles. The second-order valence-corrected chi connectivity index (χ2v) is 33.9. The maximum Gasteiger partial charge on any atom is 0.164 e. The molecule has 0 aliphatic heterocycles. The monoisotopic (exact) mass is 1730 g/mol. The maximum atomic E-state index is 5.05. The number of rotatable bonds is 14. The molecule has 0 saturated carbocycles. The molecular formula is C122H81N13. The molecule has 0 unspecified atom stereocenters. The highest BCUT2D eigenvalue weighted by Crippen LogP contribution is 2.42. The van der Waals surface area contributed by atoms with E-state index in [4.69, 9.17) is 29.9 Å². The molecule has 0 atom stereocenters. The number of nitrogens with zero attached hydrogens (tertiary/aromatic N) is 13. The molecule has 634 valence electrons. The van der Waals surface area contributed by atoms with E-state index in [1.807, 2.05) is 109 Å². The van der Waals surface area contributed by atoms with Gasteiger partial charge >= 0.3 is 0 Å². The van der Waals surface area contributed by atoms with Gasteiger partial charge in [0.05, 0.1) is 72.1 Å². The molecule has 0 aliphatic carbocycles. The Morgan fingerprint density at radius 3 is 0.756 bits per heavy atom. The Bertz CT molecular complexity index is 8630. The molecule has 0 bridgehead atoms. The van der Waals surface area contributed by atoms with Gasteiger partial charge in [-0.3, -0.25) is 4.57 Å². The summed E-state index contributed by atoms with van der Waals surface area (Å²) in [6.45, 7) is 0. The summed E-state index contributed by atoms with van der Waals surface area (Å²) in [5, 5.41) is 11.2. The molecule has 0 spiro atoms. The molecule has 0 aliphatic rings. The van der Waals surface area contributed by atoms with Crippen LogP contribution in [-0.2, 0) is 0 Å². The van der Waals surface area contributed by atoms with Crippen LogP contribution in [0.15, 0.2) is 492 Å². The van der Waals surface area contributed by atoms with Gasteiger partial charge in [-0.1, -0.05) is 261 Å². The van der Waals surface area contributed by atoms with Crippen molar-refractivity contribution in [3.8, 4) is 119 Å². The van der Waals surface area contributed by atoms with Crippen LogP contribution in [0.25, 0.3) is 228 Å². The lowest BCUT2D eigenvalue weighted by molar-refractivity contribution is 1.07. The summed E-state index contributed by atoms with van der Waals surface area (Å²) in [6.07, 6.45) is 6.48. The van der Waals surface area contributed by atoms with Crippen LogP contribution in [0.4, 0.5) is 0 Å². The van der Waals surface area contributed by atoms with Crippen molar-refractivity contribution in [3.05, 3.63) is 492 Å². The predicted octanol–water partition coefficient (Wildman–Crippen LogP) is 30.2. The van der Waals surface area contributed by atoms with Crippen molar-refractivity contribution in [1.82, 2.24) is 61.9 Å². The molecule has 0 fully saturated rings. The second-order valence-electron chi connectivity index (χ2n) is 33.9. The largest absolute Gasteiger partial charge is 0.316 e. The maximum absolute atomic E-state index is 5.05. The van der Waals surface area contributed by atoms with E-state index in [9.17, 15) is 0 Å². The molecule has 0 N–H and O–H groups in total.